The number of hydrogen-bond acceptors (Lipinski definition) is 2. The van der Waals surface area contributed by atoms with E-state index >= 15 is 0 Å². The summed E-state index contributed by atoms with van der Waals surface area (Å²) in [6.07, 6.45) is 1.73. The van der Waals surface area contributed by atoms with E-state index < -0.39 is 0 Å². The molecule has 4 rings (SSSR count). The minimum atomic E-state index is -0.0798. The van der Waals surface area contributed by atoms with Gasteiger partial charge in [0.15, 0.2) is 0 Å². The lowest BCUT2D eigenvalue weighted by Gasteiger charge is -2.17. The van der Waals surface area contributed by atoms with Gasteiger partial charge in [-0.25, -0.2) is 0 Å². The van der Waals surface area contributed by atoms with Gasteiger partial charge in [-0.2, -0.15) is 0 Å². The van der Waals surface area contributed by atoms with Crippen molar-refractivity contribution < 1.29 is 4.79 Å². The van der Waals surface area contributed by atoms with E-state index in [0.29, 0.717) is 0 Å². The molecule has 0 spiro atoms. The van der Waals surface area contributed by atoms with Gasteiger partial charge in [-0.05, 0) is 53.1 Å². The molecule has 1 unspecified atom stereocenters. The van der Waals surface area contributed by atoms with Crippen molar-refractivity contribution in [3.05, 3.63) is 77.2 Å². The standard InChI is InChI=1S/C22H21NOS/c1-2-12-23-20-11-10-17(21-9-6-13-25-21)15-18(20)19(22(23)24)14-16-7-4-3-5-8-16/h3-11,13,15,19H,2,12,14H2,1H3. The minimum Gasteiger partial charge on any atom is -0.312 e. The summed E-state index contributed by atoms with van der Waals surface area (Å²) in [5.41, 5.74) is 4.69. The first-order valence-corrected chi connectivity index (χ1v) is 9.69. The zero-order valence-electron chi connectivity index (χ0n) is 14.3. The fraction of sp³-hybridized carbons (Fsp3) is 0.227. The van der Waals surface area contributed by atoms with Gasteiger partial charge in [0.05, 0.1) is 5.92 Å². The molecule has 1 aromatic heterocycles. The topological polar surface area (TPSA) is 20.3 Å². The summed E-state index contributed by atoms with van der Waals surface area (Å²) in [5, 5.41) is 2.10. The van der Waals surface area contributed by atoms with Crippen molar-refractivity contribution in [2.75, 3.05) is 11.4 Å². The molecule has 2 nitrogen and oxygen atoms in total. The van der Waals surface area contributed by atoms with Crippen LogP contribution in [0.2, 0.25) is 0 Å². The van der Waals surface area contributed by atoms with Crippen molar-refractivity contribution in [1.29, 1.82) is 0 Å². The molecule has 2 heterocycles. The van der Waals surface area contributed by atoms with E-state index in [9.17, 15) is 4.79 Å². The molecule has 25 heavy (non-hydrogen) atoms. The lowest BCUT2D eigenvalue weighted by molar-refractivity contribution is -0.119. The zero-order valence-corrected chi connectivity index (χ0v) is 15.1. The normalized spacial score (nSPS) is 16.3. The second kappa shape index (κ2) is 6.85. The number of benzene rings is 2. The van der Waals surface area contributed by atoms with Gasteiger partial charge in [0.25, 0.3) is 0 Å². The smallest absolute Gasteiger partial charge is 0.234 e. The van der Waals surface area contributed by atoms with Crippen LogP contribution in [0.1, 0.15) is 30.4 Å². The number of fused-ring (bicyclic) bond motifs is 1. The Morgan fingerprint density at radius 1 is 1.04 bits per heavy atom. The van der Waals surface area contributed by atoms with Gasteiger partial charge < -0.3 is 4.90 Å². The Bertz CT molecular complexity index is 870. The first kappa shape index (κ1) is 16.1. The van der Waals surface area contributed by atoms with Gasteiger partial charge in [-0.15, -0.1) is 11.3 Å². The van der Waals surface area contributed by atoms with Crippen molar-refractivity contribution in [1.82, 2.24) is 0 Å². The first-order chi connectivity index (χ1) is 12.3. The third-order valence-electron chi connectivity index (χ3n) is 4.79. The molecular formula is C22H21NOS. The highest BCUT2D eigenvalue weighted by atomic mass is 32.1. The predicted octanol–water partition coefficient (Wildman–Crippen LogP) is 5.50. The molecule has 126 valence electrons. The van der Waals surface area contributed by atoms with E-state index in [-0.39, 0.29) is 11.8 Å². The van der Waals surface area contributed by atoms with Gasteiger partial charge in [-0.3, -0.25) is 4.79 Å². The average molecular weight is 347 g/mol. The Kier molecular flexibility index (Phi) is 4.41. The monoisotopic (exact) mass is 347 g/mol. The molecule has 0 radical (unpaired) electrons. The molecule has 1 atom stereocenters. The van der Waals surface area contributed by atoms with Crippen LogP contribution in [0.15, 0.2) is 66.0 Å². The van der Waals surface area contributed by atoms with E-state index in [2.05, 4.69) is 54.8 Å². The lowest BCUT2D eigenvalue weighted by Crippen LogP contribution is -2.30. The Morgan fingerprint density at radius 2 is 1.88 bits per heavy atom. The highest BCUT2D eigenvalue weighted by Crippen LogP contribution is 2.42. The van der Waals surface area contributed by atoms with Crippen LogP contribution in [0.25, 0.3) is 10.4 Å². The molecule has 0 bridgehead atoms. The Morgan fingerprint density at radius 3 is 2.60 bits per heavy atom. The van der Waals surface area contributed by atoms with Gasteiger partial charge in [-0.1, -0.05) is 49.4 Å². The van der Waals surface area contributed by atoms with E-state index in [1.807, 2.05) is 23.1 Å². The third kappa shape index (κ3) is 3.00. The summed E-state index contributed by atoms with van der Waals surface area (Å²) in [7, 11) is 0. The summed E-state index contributed by atoms with van der Waals surface area (Å²) >= 11 is 1.74. The number of thiophene rings is 1. The van der Waals surface area contributed by atoms with Crippen LogP contribution in [-0.2, 0) is 11.2 Å². The van der Waals surface area contributed by atoms with Crippen LogP contribution in [0.4, 0.5) is 5.69 Å². The largest absolute Gasteiger partial charge is 0.312 e. The maximum Gasteiger partial charge on any atom is 0.234 e. The van der Waals surface area contributed by atoms with Crippen LogP contribution in [0, 0.1) is 0 Å². The highest BCUT2D eigenvalue weighted by molar-refractivity contribution is 7.13. The maximum atomic E-state index is 13.1. The van der Waals surface area contributed by atoms with E-state index in [1.54, 1.807) is 11.3 Å². The fourth-order valence-corrected chi connectivity index (χ4v) is 4.34. The molecule has 0 saturated heterocycles. The molecule has 0 N–H and O–H groups in total. The highest BCUT2D eigenvalue weighted by Gasteiger charge is 2.36. The second-order valence-electron chi connectivity index (χ2n) is 6.48. The summed E-state index contributed by atoms with van der Waals surface area (Å²) in [5.74, 6) is 0.160. The fourth-order valence-electron chi connectivity index (χ4n) is 3.62. The van der Waals surface area contributed by atoms with Crippen molar-refractivity contribution >= 4 is 22.9 Å². The van der Waals surface area contributed by atoms with Gasteiger partial charge >= 0.3 is 0 Å². The van der Waals surface area contributed by atoms with Crippen molar-refractivity contribution in [2.45, 2.75) is 25.7 Å². The minimum absolute atomic E-state index is 0.0798. The Balaban J connectivity index is 1.75. The molecule has 1 amide bonds. The van der Waals surface area contributed by atoms with Crippen LogP contribution in [-0.4, -0.2) is 12.5 Å². The van der Waals surface area contributed by atoms with Crippen LogP contribution in [0.5, 0.6) is 0 Å². The van der Waals surface area contributed by atoms with E-state index in [4.69, 9.17) is 0 Å². The average Bonchev–Trinajstić information content (AvgIpc) is 3.26. The Hall–Kier alpha value is -2.39. The SMILES string of the molecule is CCCN1C(=O)C(Cc2ccccc2)c2cc(-c3cccs3)ccc21. The lowest BCUT2D eigenvalue weighted by atomic mass is 9.92. The third-order valence-corrected chi connectivity index (χ3v) is 5.71. The summed E-state index contributed by atoms with van der Waals surface area (Å²) in [4.78, 5) is 16.3. The van der Waals surface area contributed by atoms with Crippen LogP contribution < -0.4 is 4.90 Å². The molecule has 1 aliphatic rings. The zero-order chi connectivity index (χ0) is 17.2. The number of nitrogens with zero attached hydrogens (tertiary/aromatic N) is 1. The second-order valence-corrected chi connectivity index (χ2v) is 7.43. The quantitative estimate of drug-likeness (QED) is 0.597. The molecule has 3 heteroatoms. The van der Waals surface area contributed by atoms with E-state index in [0.717, 1.165) is 25.1 Å². The number of carbonyl (C=O) groups excluding carboxylic acids is 1. The van der Waals surface area contributed by atoms with Crippen molar-refractivity contribution in [3.63, 3.8) is 0 Å². The first-order valence-electron chi connectivity index (χ1n) is 8.81. The number of rotatable bonds is 5. The molecule has 1 aliphatic heterocycles. The van der Waals surface area contributed by atoms with Gasteiger partial charge in [0, 0.05) is 17.1 Å². The van der Waals surface area contributed by atoms with Crippen LogP contribution in [0.3, 0.4) is 0 Å². The number of anilines is 1. The molecule has 0 fully saturated rings. The molecule has 3 aromatic rings. The molecule has 2 aromatic carbocycles. The molecule has 0 aliphatic carbocycles. The summed E-state index contributed by atoms with van der Waals surface area (Å²) < 4.78 is 0. The van der Waals surface area contributed by atoms with E-state index in [1.165, 1.54) is 21.6 Å². The maximum absolute atomic E-state index is 13.1. The Labute approximate surface area is 152 Å². The van der Waals surface area contributed by atoms with Crippen molar-refractivity contribution in [2.24, 2.45) is 0 Å². The van der Waals surface area contributed by atoms with Crippen molar-refractivity contribution in [3.8, 4) is 10.4 Å². The number of amides is 1. The number of carbonyl (C=O) groups is 1. The molecule has 0 saturated carbocycles. The van der Waals surface area contributed by atoms with Gasteiger partial charge in [0.1, 0.15) is 0 Å². The predicted molar refractivity (Wildman–Crippen MR) is 105 cm³/mol. The number of hydrogen-bond donors (Lipinski definition) is 0. The summed E-state index contributed by atoms with van der Waals surface area (Å²) in [6, 6.07) is 21.0. The van der Waals surface area contributed by atoms with Crippen LogP contribution >= 0.6 is 11.3 Å². The van der Waals surface area contributed by atoms with Gasteiger partial charge in [0.2, 0.25) is 5.91 Å². The summed E-state index contributed by atoms with van der Waals surface area (Å²) in [6.45, 7) is 2.91. The molecular weight excluding hydrogens is 326 g/mol.